The first-order valence-corrected chi connectivity index (χ1v) is 6.54. The molecule has 2 rings (SSSR count). The van der Waals surface area contributed by atoms with Crippen LogP contribution in [-0.2, 0) is 0 Å². The lowest BCUT2D eigenvalue weighted by Crippen LogP contribution is -2.20. The summed E-state index contributed by atoms with van der Waals surface area (Å²) >= 11 is 0. The van der Waals surface area contributed by atoms with Gasteiger partial charge < -0.3 is 15.6 Å². The van der Waals surface area contributed by atoms with Gasteiger partial charge in [0.2, 0.25) is 0 Å². The largest absolute Gasteiger partial charge is 0.497 e. The van der Waals surface area contributed by atoms with Crippen LogP contribution in [0.25, 0.3) is 0 Å². The molecule has 21 heavy (non-hydrogen) atoms. The smallest absolute Gasteiger partial charge is 0.159 e. The monoisotopic (exact) mass is 293 g/mol. The van der Waals surface area contributed by atoms with Gasteiger partial charge in [-0.15, -0.1) is 0 Å². The SMILES string of the molecule is COc1ccc(C(CN)C(O)c2ccc(F)c(F)c2)cc1. The van der Waals surface area contributed by atoms with E-state index in [1.165, 1.54) is 6.07 Å². The molecule has 0 saturated heterocycles. The second-order valence-electron chi connectivity index (χ2n) is 4.73. The number of rotatable bonds is 5. The highest BCUT2D eigenvalue weighted by Gasteiger charge is 2.22. The molecule has 0 heterocycles. The van der Waals surface area contributed by atoms with Gasteiger partial charge >= 0.3 is 0 Å². The highest BCUT2D eigenvalue weighted by molar-refractivity contribution is 5.32. The first kappa shape index (κ1) is 15.4. The van der Waals surface area contributed by atoms with E-state index in [2.05, 4.69) is 0 Å². The standard InChI is InChI=1S/C16H17F2NO2/c1-21-12-5-2-10(3-6-12)13(9-19)16(20)11-4-7-14(17)15(18)8-11/h2-8,13,16,20H,9,19H2,1H3. The maximum absolute atomic E-state index is 13.3. The lowest BCUT2D eigenvalue weighted by atomic mass is 9.89. The molecule has 112 valence electrons. The number of aliphatic hydroxyl groups excluding tert-OH is 1. The van der Waals surface area contributed by atoms with E-state index in [4.69, 9.17) is 10.5 Å². The van der Waals surface area contributed by atoms with E-state index in [0.29, 0.717) is 11.3 Å². The number of halogens is 2. The van der Waals surface area contributed by atoms with E-state index in [0.717, 1.165) is 17.7 Å². The summed E-state index contributed by atoms with van der Waals surface area (Å²) in [6.07, 6.45) is -1.02. The molecule has 2 unspecified atom stereocenters. The number of hydrogen-bond acceptors (Lipinski definition) is 3. The Bertz CT molecular complexity index is 602. The van der Waals surface area contributed by atoms with Crippen LogP contribution in [-0.4, -0.2) is 18.8 Å². The second-order valence-corrected chi connectivity index (χ2v) is 4.73. The van der Waals surface area contributed by atoms with Gasteiger partial charge in [-0.3, -0.25) is 0 Å². The van der Waals surface area contributed by atoms with Crippen molar-refractivity contribution in [1.82, 2.24) is 0 Å². The van der Waals surface area contributed by atoms with Crippen molar-refractivity contribution in [1.29, 1.82) is 0 Å². The Balaban J connectivity index is 2.28. The van der Waals surface area contributed by atoms with Crippen molar-refractivity contribution in [2.45, 2.75) is 12.0 Å². The van der Waals surface area contributed by atoms with Gasteiger partial charge in [0.15, 0.2) is 11.6 Å². The quantitative estimate of drug-likeness (QED) is 0.891. The first-order chi connectivity index (χ1) is 10.1. The summed E-state index contributed by atoms with van der Waals surface area (Å²) in [4.78, 5) is 0. The van der Waals surface area contributed by atoms with Crippen LogP contribution in [0.3, 0.4) is 0 Å². The van der Waals surface area contributed by atoms with Crippen molar-refractivity contribution in [2.24, 2.45) is 5.73 Å². The summed E-state index contributed by atoms with van der Waals surface area (Å²) in [5.41, 5.74) is 6.82. The van der Waals surface area contributed by atoms with Crippen molar-refractivity contribution in [3.63, 3.8) is 0 Å². The number of methoxy groups -OCH3 is 1. The number of benzene rings is 2. The molecule has 3 N–H and O–H groups in total. The minimum Gasteiger partial charge on any atom is -0.497 e. The van der Waals surface area contributed by atoms with E-state index in [9.17, 15) is 13.9 Å². The van der Waals surface area contributed by atoms with Gasteiger partial charge in [0.1, 0.15) is 5.75 Å². The summed E-state index contributed by atoms with van der Waals surface area (Å²) in [5, 5.41) is 10.4. The summed E-state index contributed by atoms with van der Waals surface area (Å²) in [5.74, 6) is -1.66. The Hall–Kier alpha value is -1.98. The van der Waals surface area contributed by atoms with Crippen LogP contribution in [0.4, 0.5) is 8.78 Å². The third-order valence-electron chi connectivity index (χ3n) is 3.46. The van der Waals surface area contributed by atoms with Crippen LogP contribution < -0.4 is 10.5 Å². The molecule has 0 spiro atoms. The normalized spacial score (nSPS) is 13.8. The predicted molar refractivity (Wildman–Crippen MR) is 76.1 cm³/mol. The Morgan fingerprint density at radius 1 is 1.05 bits per heavy atom. The van der Waals surface area contributed by atoms with Crippen LogP contribution in [0.1, 0.15) is 23.1 Å². The lowest BCUT2D eigenvalue weighted by Gasteiger charge is -2.22. The molecule has 0 amide bonds. The van der Waals surface area contributed by atoms with E-state index in [1.807, 2.05) is 0 Å². The van der Waals surface area contributed by atoms with Crippen molar-refractivity contribution in [2.75, 3.05) is 13.7 Å². The Kier molecular flexibility index (Phi) is 4.88. The van der Waals surface area contributed by atoms with Crippen molar-refractivity contribution < 1.29 is 18.6 Å². The molecule has 0 radical (unpaired) electrons. The Labute approximate surface area is 122 Å². The predicted octanol–water partition coefficient (Wildman–Crippen LogP) is 2.75. The van der Waals surface area contributed by atoms with E-state index >= 15 is 0 Å². The van der Waals surface area contributed by atoms with Crippen LogP contribution in [0.5, 0.6) is 5.75 Å². The summed E-state index contributed by atoms with van der Waals surface area (Å²) in [7, 11) is 1.56. The molecule has 0 aromatic heterocycles. The third kappa shape index (κ3) is 3.37. The molecular weight excluding hydrogens is 276 g/mol. The zero-order valence-electron chi connectivity index (χ0n) is 11.6. The molecule has 0 aliphatic heterocycles. The Morgan fingerprint density at radius 3 is 2.19 bits per heavy atom. The van der Waals surface area contributed by atoms with Gasteiger partial charge in [-0.25, -0.2) is 8.78 Å². The fourth-order valence-corrected chi connectivity index (χ4v) is 2.23. The summed E-state index contributed by atoms with van der Waals surface area (Å²) < 4.78 is 31.3. The van der Waals surface area contributed by atoms with Crippen molar-refractivity contribution in [3.8, 4) is 5.75 Å². The van der Waals surface area contributed by atoms with E-state index in [-0.39, 0.29) is 6.54 Å². The third-order valence-corrected chi connectivity index (χ3v) is 3.46. The molecule has 0 bridgehead atoms. The maximum atomic E-state index is 13.3. The van der Waals surface area contributed by atoms with Gasteiger partial charge in [-0.2, -0.15) is 0 Å². The average molecular weight is 293 g/mol. The molecule has 0 fully saturated rings. The van der Waals surface area contributed by atoms with Gasteiger partial charge in [0.05, 0.1) is 13.2 Å². The highest BCUT2D eigenvalue weighted by Crippen LogP contribution is 2.31. The molecule has 0 aliphatic rings. The molecule has 3 nitrogen and oxygen atoms in total. The lowest BCUT2D eigenvalue weighted by molar-refractivity contribution is 0.147. The van der Waals surface area contributed by atoms with Crippen LogP contribution in [0.2, 0.25) is 0 Å². The van der Waals surface area contributed by atoms with Crippen LogP contribution in [0, 0.1) is 11.6 Å². The van der Waals surface area contributed by atoms with Crippen molar-refractivity contribution >= 4 is 0 Å². The number of hydrogen-bond donors (Lipinski definition) is 2. The molecule has 0 saturated carbocycles. The molecular formula is C16H17F2NO2. The topological polar surface area (TPSA) is 55.5 Å². The van der Waals surface area contributed by atoms with Crippen LogP contribution in [0.15, 0.2) is 42.5 Å². The Morgan fingerprint density at radius 2 is 1.67 bits per heavy atom. The fraction of sp³-hybridized carbons (Fsp3) is 0.250. The minimum atomic E-state index is -1.02. The van der Waals surface area contributed by atoms with E-state index < -0.39 is 23.7 Å². The zero-order valence-corrected chi connectivity index (χ0v) is 11.6. The maximum Gasteiger partial charge on any atom is 0.159 e. The van der Waals surface area contributed by atoms with Gasteiger partial charge in [0.25, 0.3) is 0 Å². The van der Waals surface area contributed by atoms with Gasteiger partial charge in [0, 0.05) is 12.5 Å². The first-order valence-electron chi connectivity index (χ1n) is 6.54. The van der Waals surface area contributed by atoms with Crippen molar-refractivity contribution in [3.05, 3.63) is 65.2 Å². The molecule has 5 heteroatoms. The van der Waals surface area contributed by atoms with Gasteiger partial charge in [-0.1, -0.05) is 18.2 Å². The minimum absolute atomic E-state index is 0.173. The second kappa shape index (κ2) is 6.65. The molecule has 0 aliphatic carbocycles. The summed E-state index contributed by atoms with van der Waals surface area (Å²) in [6.45, 7) is 0.173. The molecule has 2 aromatic carbocycles. The number of nitrogens with two attached hydrogens (primary N) is 1. The zero-order chi connectivity index (χ0) is 15.4. The highest BCUT2D eigenvalue weighted by atomic mass is 19.2. The van der Waals surface area contributed by atoms with Crippen LogP contribution >= 0.6 is 0 Å². The fourth-order valence-electron chi connectivity index (χ4n) is 2.23. The summed E-state index contributed by atoms with van der Waals surface area (Å²) in [6, 6.07) is 10.4. The molecule has 2 aromatic rings. The average Bonchev–Trinajstić information content (AvgIpc) is 2.51. The number of ether oxygens (including phenoxy) is 1. The molecule has 2 atom stereocenters. The van der Waals surface area contributed by atoms with E-state index in [1.54, 1.807) is 31.4 Å². The number of aliphatic hydroxyl groups is 1. The van der Waals surface area contributed by atoms with Gasteiger partial charge in [-0.05, 0) is 35.4 Å².